The predicted octanol–water partition coefficient (Wildman–Crippen LogP) is 3.83. The van der Waals surface area contributed by atoms with Crippen LogP contribution in [0.2, 0.25) is 0 Å². The average Bonchev–Trinajstić information content (AvgIpc) is 2.61. The van der Waals surface area contributed by atoms with Crippen molar-refractivity contribution in [2.24, 2.45) is 0 Å². The maximum atomic E-state index is 4.66. The van der Waals surface area contributed by atoms with Crippen LogP contribution in [0.1, 0.15) is 32.2 Å². The molecule has 1 N–H and O–H groups in total. The lowest BCUT2D eigenvalue weighted by Gasteiger charge is -2.35. The van der Waals surface area contributed by atoms with Crippen LogP contribution < -0.4 is 10.2 Å². The molecule has 2 aromatic rings. The van der Waals surface area contributed by atoms with Crippen LogP contribution in [-0.2, 0) is 0 Å². The SMILES string of the molecule is Cc1nc(NC(C)(C)C)cc(N2CCN(C/C=C/c3ccccc3)CC2)n1. The first-order valence-corrected chi connectivity index (χ1v) is 9.72. The van der Waals surface area contributed by atoms with Gasteiger partial charge in [0.15, 0.2) is 0 Å². The van der Waals surface area contributed by atoms with Crippen molar-refractivity contribution in [3.63, 3.8) is 0 Å². The zero-order valence-electron chi connectivity index (χ0n) is 16.9. The largest absolute Gasteiger partial charge is 0.365 e. The molecular formula is C22H31N5. The molecule has 0 radical (unpaired) electrons. The Morgan fingerprint density at radius 2 is 1.74 bits per heavy atom. The third kappa shape index (κ3) is 6.07. The lowest BCUT2D eigenvalue weighted by molar-refractivity contribution is 0.283. The molecule has 0 atom stereocenters. The van der Waals surface area contributed by atoms with Gasteiger partial charge < -0.3 is 10.2 Å². The van der Waals surface area contributed by atoms with E-state index in [1.165, 1.54) is 5.56 Å². The summed E-state index contributed by atoms with van der Waals surface area (Å²) in [6, 6.07) is 12.5. The number of hydrogen-bond donors (Lipinski definition) is 1. The van der Waals surface area contributed by atoms with E-state index >= 15 is 0 Å². The van der Waals surface area contributed by atoms with Crippen LogP contribution in [0.3, 0.4) is 0 Å². The Balaban J connectivity index is 1.55. The van der Waals surface area contributed by atoms with Crippen molar-refractivity contribution in [2.45, 2.75) is 33.2 Å². The van der Waals surface area contributed by atoms with Crippen LogP contribution >= 0.6 is 0 Å². The van der Waals surface area contributed by atoms with E-state index in [9.17, 15) is 0 Å². The first-order valence-electron chi connectivity index (χ1n) is 9.72. The molecule has 5 nitrogen and oxygen atoms in total. The number of nitrogens with one attached hydrogen (secondary N) is 1. The Labute approximate surface area is 163 Å². The smallest absolute Gasteiger partial charge is 0.134 e. The second-order valence-corrected chi connectivity index (χ2v) is 8.13. The van der Waals surface area contributed by atoms with Gasteiger partial charge in [-0.05, 0) is 33.3 Å². The molecule has 0 saturated carbocycles. The highest BCUT2D eigenvalue weighted by molar-refractivity contribution is 5.51. The van der Waals surface area contributed by atoms with E-state index in [0.717, 1.165) is 50.2 Å². The van der Waals surface area contributed by atoms with Gasteiger partial charge >= 0.3 is 0 Å². The number of aryl methyl sites for hydroxylation is 1. The lowest BCUT2D eigenvalue weighted by Crippen LogP contribution is -2.46. The molecule has 1 aliphatic rings. The lowest BCUT2D eigenvalue weighted by atomic mass is 10.1. The molecule has 0 unspecified atom stereocenters. The Morgan fingerprint density at radius 3 is 2.41 bits per heavy atom. The summed E-state index contributed by atoms with van der Waals surface area (Å²) in [6.45, 7) is 13.5. The number of nitrogens with zero attached hydrogens (tertiary/aromatic N) is 4. The van der Waals surface area contributed by atoms with E-state index in [4.69, 9.17) is 0 Å². The van der Waals surface area contributed by atoms with Crippen molar-refractivity contribution < 1.29 is 0 Å². The van der Waals surface area contributed by atoms with Gasteiger partial charge in [-0.1, -0.05) is 42.5 Å². The summed E-state index contributed by atoms with van der Waals surface area (Å²) >= 11 is 0. The normalized spacial score (nSPS) is 16.1. The highest BCUT2D eigenvalue weighted by Crippen LogP contribution is 2.20. The predicted molar refractivity (Wildman–Crippen MR) is 114 cm³/mol. The maximum Gasteiger partial charge on any atom is 0.134 e. The zero-order valence-corrected chi connectivity index (χ0v) is 16.9. The van der Waals surface area contributed by atoms with Crippen molar-refractivity contribution in [2.75, 3.05) is 42.9 Å². The standard InChI is InChI=1S/C22H31N5/c1-18-23-20(25-22(2,3)4)17-21(24-18)27-15-13-26(14-16-27)12-8-11-19-9-6-5-7-10-19/h5-11,17H,12-16H2,1-4H3,(H,23,24,25)/b11-8+. The molecule has 1 aromatic carbocycles. The van der Waals surface area contributed by atoms with Crippen molar-refractivity contribution in [3.05, 3.63) is 53.9 Å². The molecule has 1 aliphatic heterocycles. The highest BCUT2D eigenvalue weighted by Gasteiger charge is 2.19. The van der Waals surface area contributed by atoms with Crippen LogP contribution in [0, 0.1) is 6.92 Å². The second kappa shape index (κ2) is 8.53. The molecule has 0 spiro atoms. The van der Waals surface area contributed by atoms with E-state index < -0.39 is 0 Å². The first-order chi connectivity index (χ1) is 12.9. The molecule has 0 aliphatic carbocycles. The van der Waals surface area contributed by atoms with Crippen molar-refractivity contribution >= 4 is 17.7 Å². The summed E-state index contributed by atoms with van der Waals surface area (Å²) in [5, 5.41) is 3.46. The Kier molecular flexibility index (Phi) is 6.11. The summed E-state index contributed by atoms with van der Waals surface area (Å²) in [5.74, 6) is 2.74. The van der Waals surface area contributed by atoms with Crippen LogP contribution in [0.4, 0.5) is 11.6 Å². The van der Waals surface area contributed by atoms with E-state index in [1.807, 2.05) is 13.0 Å². The van der Waals surface area contributed by atoms with Crippen LogP contribution in [0.15, 0.2) is 42.5 Å². The van der Waals surface area contributed by atoms with Crippen molar-refractivity contribution in [3.8, 4) is 0 Å². The van der Waals surface area contributed by atoms with Crippen LogP contribution in [0.25, 0.3) is 6.08 Å². The van der Waals surface area contributed by atoms with Crippen molar-refractivity contribution in [1.82, 2.24) is 14.9 Å². The van der Waals surface area contributed by atoms with Gasteiger partial charge in [0.05, 0.1) is 0 Å². The Bertz CT molecular complexity index is 756. The van der Waals surface area contributed by atoms with E-state index in [-0.39, 0.29) is 5.54 Å². The summed E-state index contributed by atoms with van der Waals surface area (Å²) in [5.41, 5.74) is 1.24. The van der Waals surface area contributed by atoms with Gasteiger partial charge in [0.1, 0.15) is 17.5 Å². The summed E-state index contributed by atoms with van der Waals surface area (Å²) < 4.78 is 0. The minimum atomic E-state index is -0.0121. The molecule has 144 valence electrons. The van der Waals surface area contributed by atoms with E-state index in [0.29, 0.717) is 0 Å². The number of benzene rings is 1. The zero-order chi connectivity index (χ0) is 19.3. The molecular weight excluding hydrogens is 334 g/mol. The number of anilines is 2. The average molecular weight is 366 g/mol. The Hall–Kier alpha value is -2.40. The first kappa shape index (κ1) is 19.4. The molecule has 5 heteroatoms. The fourth-order valence-electron chi connectivity index (χ4n) is 3.22. The fourth-order valence-corrected chi connectivity index (χ4v) is 3.22. The quantitative estimate of drug-likeness (QED) is 0.872. The number of rotatable bonds is 5. The number of aromatic nitrogens is 2. The third-order valence-corrected chi connectivity index (χ3v) is 4.50. The van der Waals surface area contributed by atoms with Gasteiger partial charge in [0.2, 0.25) is 0 Å². The monoisotopic (exact) mass is 365 g/mol. The van der Waals surface area contributed by atoms with Gasteiger partial charge in [-0.25, -0.2) is 9.97 Å². The molecule has 0 amide bonds. The van der Waals surface area contributed by atoms with Crippen LogP contribution in [0.5, 0.6) is 0 Å². The maximum absolute atomic E-state index is 4.66. The highest BCUT2D eigenvalue weighted by atomic mass is 15.3. The summed E-state index contributed by atoms with van der Waals surface area (Å²) in [4.78, 5) is 14.0. The van der Waals surface area contributed by atoms with Gasteiger partial charge in [-0.2, -0.15) is 0 Å². The molecule has 0 bridgehead atoms. The van der Waals surface area contributed by atoms with Crippen LogP contribution in [-0.4, -0.2) is 53.1 Å². The van der Waals surface area contributed by atoms with Gasteiger partial charge in [-0.15, -0.1) is 0 Å². The fraction of sp³-hybridized carbons (Fsp3) is 0.455. The van der Waals surface area contributed by atoms with Gasteiger partial charge in [0.25, 0.3) is 0 Å². The number of piperazine rings is 1. The molecule has 1 saturated heterocycles. The number of hydrogen-bond acceptors (Lipinski definition) is 5. The molecule has 2 heterocycles. The van der Waals surface area contributed by atoms with E-state index in [1.54, 1.807) is 0 Å². The summed E-state index contributed by atoms with van der Waals surface area (Å²) in [7, 11) is 0. The topological polar surface area (TPSA) is 44.3 Å². The molecule has 1 fully saturated rings. The molecule has 3 rings (SSSR count). The minimum absolute atomic E-state index is 0.0121. The Morgan fingerprint density at radius 1 is 1.04 bits per heavy atom. The summed E-state index contributed by atoms with van der Waals surface area (Å²) in [6.07, 6.45) is 4.45. The molecule has 1 aromatic heterocycles. The minimum Gasteiger partial charge on any atom is -0.365 e. The van der Waals surface area contributed by atoms with Gasteiger partial charge in [-0.3, -0.25) is 4.90 Å². The molecule has 27 heavy (non-hydrogen) atoms. The van der Waals surface area contributed by atoms with E-state index in [2.05, 4.69) is 88.3 Å². The van der Waals surface area contributed by atoms with Gasteiger partial charge in [0, 0.05) is 44.3 Å². The van der Waals surface area contributed by atoms with Crippen molar-refractivity contribution in [1.29, 1.82) is 0 Å². The third-order valence-electron chi connectivity index (χ3n) is 4.50. The second-order valence-electron chi connectivity index (χ2n) is 8.13.